The van der Waals surface area contributed by atoms with E-state index in [1.165, 1.54) is 12.1 Å². The second-order valence-electron chi connectivity index (χ2n) is 6.67. The summed E-state index contributed by atoms with van der Waals surface area (Å²) in [5, 5.41) is 8.04. The number of carbonyl (C=O) groups is 1. The number of hydrogen-bond donors (Lipinski definition) is 1. The molecule has 1 aliphatic heterocycles. The van der Waals surface area contributed by atoms with Gasteiger partial charge in [0.2, 0.25) is 5.91 Å². The Kier molecular flexibility index (Phi) is 5.76. The molecular weight excluding hydrogens is 336 g/mol. The molecule has 3 rings (SSSR count). The van der Waals surface area contributed by atoms with Gasteiger partial charge in [-0.05, 0) is 44.0 Å². The average Bonchev–Trinajstić information content (AvgIpc) is 3.01. The van der Waals surface area contributed by atoms with Gasteiger partial charge in [0.25, 0.3) is 0 Å². The summed E-state index contributed by atoms with van der Waals surface area (Å²) in [6.07, 6.45) is 5.19. The monoisotopic (exact) mass is 360 g/mol. The highest BCUT2D eigenvalue weighted by Gasteiger charge is 2.28. The first-order valence-corrected chi connectivity index (χ1v) is 9.20. The Balaban J connectivity index is 1.65. The van der Waals surface area contributed by atoms with Crippen LogP contribution in [0.2, 0.25) is 5.02 Å². The van der Waals surface area contributed by atoms with Crippen molar-refractivity contribution in [3.8, 4) is 0 Å². The Morgan fingerprint density at radius 1 is 1.36 bits per heavy atom. The molecule has 1 aromatic carbocycles. The van der Waals surface area contributed by atoms with Gasteiger partial charge in [-0.3, -0.25) is 14.4 Å². The van der Waals surface area contributed by atoms with E-state index in [1.807, 2.05) is 55.2 Å². The highest BCUT2D eigenvalue weighted by molar-refractivity contribution is 6.31. The van der Waals surface area contributed by atoms with Crippen molar-refractivity contribution in [2.24, 2.45) is 7.05 Å². The van der Waals surface area contributed by atoms with E-state index in [0.29, 0.717) is 11.6 Å². The molecule has 134 valence electrons. The summed E-state index contributed by atoms with van der Waals surface area (Å²) in [5.74, 6) is 0.0292. The van der Waals surface area contributed by atoms with Crippen LogP contribution in [0.15, 0.2) is 36.5 Å². The predicted molar refractivity (Wildman–Crippen MR) is 99.4 cm³/mol. The van der Waals surface area contributed by atoms with E-state index < -0.39 is 0 Å². The van der Waals surface area contributed by atoms with Crippen molar-refractivity contribution < 1.29 is 4.79 Å². The lowest BCUT2D eigenvalue weighted by Crippen LogP contribution is -2.42. The zero-order valence-electron chi connectivity index (χ0n) is 14.8. The van der Waals surface area contributed by atoms with Crippen LogP contribution >= 0.6 is 11.6 Å². The molecule has 0 unspecified atom stereocenters. The van der Waals surface area contributed by atoms with Gasteiger partial charge in [-0.15, -0.1) is 0 Å². The van der Waals surface area contributed by atoms with Crippen LogP contribution in [0, 0.1) is 0 Å². The molecule has 2 aromatic rings. The lowest BCUT2D eigenvalue weighted by Gasteiger charge is -2.35. The number of aryl methyl sites for hydroxylation is 1. The SMILES string of the molecule is C[C@H](NC(=O)CN1CCCC[C@H]1c1ccnn1C)c1ccccc1Cl. The molecule has 0 bridgehead atoms. The average molecular weight is 361 g/mol. The number of nitrogens with one attached hydrogen (secondary N) is 1. The molecule has 1 fully saturated rings. The third-order valence-electron chi connectivity index (χ3n) is 4.91. The van der Waals surface area contributed by atoms with Gasteiger partial charge in [-0.1, -0.05) is 36.2 Å². The second kappa shape index (κ2) is 8.02. The van der Waals surface area contributed by atoms with Gasteiger partial charge in [-0.2, -0.15) is 5.10 Å². The molecule has 2 atom stereocenters. The number of nitrogens with zero attached hydrogens (tertiary/aromatic N) is 3. The van der Waals surface area contributed by atoms with Crippen molar-refractivity contribution in [3.63, 3.8) is 0 Å². The van der Waals surface area contributed by atoms with Crippen LogP contribution < -0.4 is 5.32 Å². The maximum Gasteiger partial charge on any atom is 0.234 e. The van der Waals surface area contributed by atoms with E-state index in [-0.39, 0.29) is 18.0 Å². The van der Waals surface area contributed by atoms with E-state index in [0.717, 1.165) is 24.9 Å². The van der Waals surface area contributed by atoms with Gasteiger partial charge in [0.15, 0.2) is 0 Å². The minimum absolute atomic E-state index is 0.0292. The highest BCUT2D eigenvalue weighted by atomic mass is 35.5. The van der Waals surface area contributed by atoms with Crippen molar-refractivity contribution in [2.75, 3.05) is 13.1 Å². The molecule has 25 heavy (non-hydrogen) atoms. The molecule has 1 aromatic heterocycles. The summed E-state index contributed by atoms with van der Waals surface area (Å²) in [6.45, 7) is 3.29. The smallest absolute Gasteiger partial charge is 0.234 e. The van der Waals surface area contributed by atoms with Gasteiger partial charge in [0.05, 0.1) is 24.3 Å². The first-order valence-electron chi connectivity index (χ1n) is 8.82. The van der Waals surface area contributed by atoms with Crippen molar-refractivity contribution in [3.05, 3.63) is 52.8 Å². The van der Waals surface area contributed by atoms with Gasteiger partial charge in [0.1, 0.15) is 0 Å². The number of rotatable bonds is 5. The number of carbonyl (C=O) groups excluding carboxylic acids is 1. The normalized spacial score (nSPS) is 19.6. The quantitative estimate of drug-likeness (QED) is 0.888. The van der Waals surface area contributed by atoms with E-state index in [1.54, 1.807) is 0 Å². The number of benzene rings is 1. The Morgan fingerprint density at radius 2 is 2.16 bits per heavy atom. The standard InChI is InChI=1S/C19H25ClN4O/c1-14(15-7-3-4-8-16(15)20)22-19(25)13-24-12-6-5-9-18(24)17-10-11-21-23(17)2/h3-4,7-8,10-11,14,18H,5-6,9,12-13H2,1-2H3,(H,22,25)/t14-,18-/m0/s1. The topological polar surface area (TPSA) is 50.2 Å². The fraction of sp³-hybridized carbons (Fsp3) is 0.474. The molecule has 0 radical (unpaired) electrons. The summed E-state index contributed by atoms with van der Waals surface area (Å²) >= 11 is 6.23. The van der Waals surface area contributed by atoms with Crippen molar-refractivity contribution in [1.82, 2.24) is 20.0 Å². The third kappa shape index (κ3) is 4.22. The largest absolute Gasteiger partial charge is 0.348 e. The fourth-order valence-electron chi connectivity index (χ4n) is 3.60. The molecule has 1 amide bonds. The minimum Gasteiger partial charge on any atom is -0.348 e. The molecule has 2 heterocycles. The molecule has 0 saturated carbocycles. The Bertz CT molecular complexity index is 730. The molecule has 0 spiro atoms. The van der Waals surface area contributed by atoms with Gasteiger partial charge < -0.3 is 5.32 Å². The summed E-state index contributed by atoms with van der Waals surface area (Å²) in [4.78, 5) is 14.8. The minimum atomic E-state index is -0.110. The number of amides is 1. The van der Waals surface area contributed by atoms with Crippen LogP contribution in [0.5, 0.6) is 0 Å². The molecule has 5 nitrogen and oxygen atoms in total. The van der Waals surface area contributed by atoms with Crippen molar-refractivity contribution in [2.45, 2.75) is 38.3 Å². The zero-order valence-corrected chi connectivity index (χ0v) is 15.5. The summed E-state index contributed by atoms with van der Waals surface area (Å²) in [7, 11) is 1.96. The van der Waals surface area contributed by atoms with E-state index >= 15 is 0 Å². The number of halogens is 1. The highest BCUT2D eigenvalue weighted by Crippen LogP contribution is 2.30. The van der Waals surface area contributed by atoms with Gasteiger partial charge in [0, 0.05) is 18.3 Å². The fourth-order valence-corrected chi connectivity index (χ4v) is 3.90. The first-order chi connectivity index (χ1) is 12.1. The number of hydrogen-bond acceptors (Lipinski definition) is 3. The number of piperidine rings is 1. The van der Waals surface area contributed by atoms with E-state index in [4.69, 9.17) is 11.6 Å². The van der Waals surface area contributed by atoms with Crippen LogP contribution in [-0.4, -0.2) is 33.7 Å². The van der Waals surface area contributed by atoms with Crippen LogP contribution in [-0.2, 0) is 11.8 Å². The molecule has 6 heteroatoms. The summed E-state index contributed by atoms with van der Waals surface area (Å²) < 4.78 is 1.91. The van der Waals surface area contributed by atoms with Gasteiger partial charge >= 0.3 is 0 Å². The molecule has 0 aliphatic carbocycles. The number of aromatic nitrogens is 2. The maximum absolute atomic E-state index is 12.6. The Morgan fingerprint density at radius 3 is 2.88 bits per heavy atom. The van der Waals surface area contributed by atoms with Crippen molar-refractivity contribution in [1.29, 1.82) is 0 Å². The number of likely N-dealkylation sites (tertiary alicyclic amines) is 1. The Hall–Kier alpha value is -1.85. The Labute approximate surface area is 154 Å². The second-order valence-corrected chi connectivity index (χ2v) is 7.08. The molecule has 1 aliphatic rings. The first kappa shape index (κ1) is 18.0. The molecule has 1 N–H and O–H groups in total. The van der Waals surface area contributed by atoms with E-state index in [9.17, 15) is 4.79 Å². The summed E-state index contributed by atoms with van der Waals surface area (Å²) in [5.41, 5.74) is 2.12. The van der Waals surface area contributed by atoms with Gasteiger partial charge in [-0.25, -0.2) is 0 Å². The zero-order chi connectivity index (χ0) is 17.8. The third-order valence-corrected chi connectivity index (χ3v) is 5.25. The predicted octanol–water partition coefficient (Wildman–Crippen LogP) is 3.48. The lowest BCUT2D eigenvalue weighted by molar-refractivity contribution is -0.123. The van der Waals surface area contributed by atoms with Crippen molar-refractivity contribution >= 4 is 17.5 Å². The molecule has 1 saturated heterocycles. The van der Waals surface area contributed by atoms with Crippen LogP contribution in [0.25, 0.3) is 0 Å². The van der Waals surface area contributed by atoms with Crippen LogP contribution in [0.4, 0.5) is 0 Å². The summed E-state index contributed by atoms with van der Waals surface area (Å²) in [6, 6.07) is 9.82. The van der Waals surface area contributed by atoms with E-state index in [2.05, 4.69) is 15.3 Å². The van der Waals surface area contributed by atoms with Crippen LogP contribution in [0.3, 0.4) is 0 Å². The maximum atomic E-state index is 12.6. The molecular formula is C19H25ClN4O. The van der Waals surface area contributed by atoms with Crippen LogP contribution in [0.1, 0.15) is 49.5 Å². The lowest BCUT2D eigenvalue weighted by atomic mass is 9.99.